The number of carbonyl (C=O) groups excluding carboxylic acids is 1. The minimum Gasteiger partial charge on any atom is -0.478 e. The monoisotopic (exact) mass is 462 g/mol. The maximum Gasteiger partial charge on any atom is 0.335 e. The lowest BCUT2D eigenvalue weighted by atomic mass is 9.92. The van der Waals surface area contributed by atoms with E-state index in [1.54, 1.807) is 30.5 Å². The number of aromatic nitrogens is 1. The van der Waals surface area contributed by atoms with Gasteiger partial charge in [-0.2, -0.15) is 0 Å². The van der Waals surface area contributed by atoms with E-state index >= 15 is 0 Å². The normalized spacial score (nSPS) is 18.3. The van der Waals surface area contributed by atoms with E-state index in [1.165, 1.54) is 0 Å². The molecule has 3 aromatic rings. The first-order chi connectivity index (χ1) is 16.4. The van der Waals surface area contributed by atoms with Gasteiger partial charge >= 0.3 is 5.97 Å². The zero-order chi connectivity index (χ0) is 24.1. The van der Waals surface area contributed by atoms with E-state index in [4.69, 9.17) is 10.6 Å². The number of nitrogens with zero attached hydrogens (tertiary/aromatic N) is 2. The molecule has 1 aromatic heterocycles. The first kappa shape index (κ1) is 23.5. The van der Waals surface area contributed by atoms with Gasteiger partial charge in [0, 0.05) is 29.5 Å². The van der Waals surface area contributed by atoms with Crippen LogP contribution in [0.25, 0.3) is 10.9 Å². The molecule has 1 aliphatic carbocycles. The number of rotatable bonds is 8. The van der Waals surface area contributed by atoms with Crippen LogP contribution in [0, 0.1) is 0 Å². The molecular formula is C26H30N4O4. The minimum absolute atomic E-state index is 0.113. The Balaban J connectivity index is 1.68. The Morgan fingerprint density at radius 3 is 2.56 bits per heavy atom. The molecule has 1 fully saturated rings. The standard InChI is InChI=1S/C26H30N4O4/c1-2-34-28-15-18-5-8-20-14-24(25(31)29-22-11-9-21(27)10-12-22)30(23(20)13-18)16-17-3-6-19(7-4-17)26(32)33/h3-8,13-15,21-22H,2,9-12,16,27H2,1H3,(H,29,31)(H,32,33)/b28-15+. The summed E-state index contributed by atoms with van der Waals surface area (Å²) >= 11 is 0. The van der Waals surface area contributed by atoms with Gasteiger partial charge in [-0.15, -0.1) is 0 Å². The molecule has 4 N–H and O–H groups in total. The zero-order valence-corrected chi connectivity index (χ0v) is 19.2. The van der Waals surface area contributed by atoms with Crippen LogP contribution in [0.4, 0.5) is 0 Å². The lowest BCUT2D eigenvalue weighted by Gasteiger charge is -2.27. The second kappa shape index (κ2) is 10.5. The molecule has 2 aromatic carbocycles. The van der Waals surface area contributed by atoms with Crippen molar-refractivity contribution >= 4 is 29.0 Å². The number of carbonyl (C=O) groups is 2. The average Bonchev–Trinajstić information content (AvgIpc) is 3.19. The second-order valence-corrected chi connectivity index (χ2v) is 8.67. The largest absolute Gasteiger partial charge is 0.478 e. The van der Waals surface area contributed by atoms with Crippen LogP contribution in [-0.4, -0.2) is 46.5 Å². The fraction of sp³-hybridized carbons (Fsp3) is 0.346. The van der Waals surface area contributed by atoms with Crippen molar-refractivity contribution in [3.63, 3.8) is 0 Å². The van der Waals surface area contributed by atoms with Crippen molar-refractivity contribution in [3.8, 4) is 0 Å². The third kappa shape index (κ3) is 5.46. The molecule has 1 aliphatic rings. The fourth-order valence-corrected chi connectivity index (χ4v) is 4.34. The Morgan fingerprint density at radius 2 is 1.88 bits per heavy atom. The van der Waals surface area contributed by atoms with Gasteiger partial charge in [-0.3, -0.25) is 4.79 Å². The smallest absolute Gasteiger partial charge is 0.335 e. The van der Waals surface area contributed by atoms with Crippen LogP contribution >= 0.6 is 0 Å². The summed E-state index contributed by atoms with van der Waals surface area (Å²) in [6.45, 7) is 2.78. The highest BCUT2D eigenvalue weighted by atomic mass is 16.6. The van der Waals surface area contributed by atoms with Crippen molar-refractivity contribution in [2.45, 2.75) is 51.2 Å². The van der Waals surface area contributed by atoms with E-state index in [2.05, 4.69) is 10.5 Å². The van der Waals surface area contributed by atoms with Crippen molar-refractivity contribution in [2.75, 3.05) is 6.61 Å². The average molecular weight is 463 g/mol. The number of hydrogen-bond donors (Lipinski definition) is 3. The first-order valence-corrected chi connectivity index (χ1v) is 11.6. The molecule has 1 saturated carbocycles. The van der Waals surface area contributed by atoms with Crippen LogP contribution in [0.15, 0.2) is 53.7 Å². The summed E-state index contributed by atoms with van der Waals surface area (Å²) in [4.78, 5) is 29.6. The summed E-state index contributed by atoms with van der Waals surface area (Å²) in [6, 6.07) is 14.8. The van der Waals surface area contributed by atoms with Gasteiger partial charge in [0.1, 0.15) is 12.3 Å². The van der Waals surface area contributed by atoms with Crippen LogP contribution in [0.3, 0.4) is 0 Å². The molecule has 0 atom stereocenters. The van der Waals surface area contributed by atoms with Gasteiger partial charge in [0.25, 0.3) is 5.91 Å². The molecule has 0 saturated heterocycles. The van der Waals surface area contributed by atoms with Crippen molar-refractivity contribution in [3.05, 3.63) is 70.9 Å². The van der Waals surface area contributed by atoms with Crippen molar-refractivity contribution in [1.29, 1.82) is 0 Å². The van der Waals surface area contributed by atoms with Gasteiger partial charge in [-0.1, -0.05) is 29.4 Å². The molecule has 1 heterocycles. The summed E-state index contributed by atoms with van der Waals surface area (Å²) in [5, 5.41) is 17.3. The number of nitrogens with two attached hydrogens (primary N) is 1. The molecule has 4 rings (SSSR count). The summed E-state index contributed by atoms with van der Waals surface area (Å²) in [6.07, 6.45) is 5.22. The predicted molar refractivity (Wildman–Crippen MR) is 131 cm³/mol. The highest BCUT2D eigenvalue weighted by molar-refractivity contribution is 6.00. The molecule has 1 amide bonds. The Hall–Kier alpha value is -3.65. The van der Waals surface area contributed by atoms with Gasteiger partial charge < -0.3 is 25.6 Å². The number of benzene rings is 2. The van der Waals surface area contributed by atoms with Crippen LogP contribution in [0.5, 0.6) is 0 Å². The van der Waals surface area contributed by atoms with Crippen molar-refractivity contribution in [1.82, 2.24) is 9.88 Å². The van der Waals surface area contributed by atoms with Crippen LogP contribution in [-0.2, 0) is 11.4 Å². The van der Waals surface area contributed by atoms with E-state index < -0.39 is 5.97 Å². The highest BCUT2D eigenvalue weighted by Gasteiger charge is 2.23. The molecule has 8 nitrogen and oxygen atoms in total. The molecule has 8 heteroatoms. The third-order valence-corrected chi connectivity index (χ3v) is 6.21. The number of amides is 1. The fourth-order valence-electron chi connectivity index (χ4n) is 4.34. The summed E-state index contributed by atoms with van der Waals surface area (Å²) in [5.74, 6) is -1.09. The van der Waals surface area contributed by atoms with Crippen LogP contribution in [0.1, 0.15) is 64.6 Å². The van der Waals surface area contributed by atoms with Gasteiger partial charge in [0.2, 0.25) is 0 Å². The van der Waals surface area contributed by atoms with E-state index in [0.29, 0.717) is 18.8 Å². The van der Waals surface area contributed by atoms with E-state index in [9.17, 15) is 14.7 Å². The molecule has 0 spiro atoms. The van der Waals surface area contributed by atoms with Gasteiger partial charge in [-0.25, -0.2) is 4.79 Å². The Morgan fingerprint density at radius 1 is 1.15 bits per heavy atom. The van der Waals surface area contributed by atoms with Gasteiger partial charge in [0.05, 0.1) is 11.8 Å². The number of fused-ring (bicyclic) bond motifs is 1. The number of hydrogen-bond acceptors (Lipinski definition) is 5. The lowest BCUT2D eigenvalue weighted by molar-refractivity contribution is 0.0696. The molecule has 0 radical (unpaired) electrons. The Kier molecular flexibility index (Phi) is 7.27. The van der Waals surface area contributed by atoms with E-state index in [-0.39, 0.29) is 23.6 Å². The topological polar surface area (TPSA) is 119 Å². The van der Waals surface area contributed by atoms with Gasteiger partial charge in [-0.05, 0) is 68.0 Å². The van der Waals surface area contributed by atoms with E-state index in [0.717, 1.165) is 47.7 Å². The maximum atomic E-state index is 13.3. The molecule has 0 aliphatic heterocycles. The first-order valence-electron chi connectivity index (χ1n) is 11.6. The van der Waals surface area contributed by atoms with Gasteiger partial charge in [0.15, 0.2) is 0 Å². The number of aromatic carboxylic acids is 1. The molecule has 0 unspecified atom stereocenters. The quantitative estimate of drug-likeness (QED) is 0.348. The maximum absolute atomic E-state index is 13.3. The van der Waals surface area contributed by atoms with Crippen LogP contribution in [0.2, 0.25) is 0 Å². The van der Waals surface area contributed by atoms with Crippen LogP contribution < -0.4 is 11.1 Å². The lowest BCUT2D eigenvalue weighted by Crippen LogP contribution is -2.41. The number of oxime groups is 1. The molecule has 178 valence electrons. The molecular weight excluding hydrogens is 432 g/mol. The number of nitrogens with one attached hydrogen (secondary N) is 1. The molecule has 34 heavy (non-hydrogen) atoms. The SMILES string of the molecule is CCO/N=C/c1ccc2cc(C(=O)NC3CCC(N)CC3)n(Cc3ccc(C(=O)O)cc3)c2c1. The van der Waals surface area contributed by atoms with E-state index in [1.807, 2.05) is 35.8 Å². The molecule has 0 bridgehead atoms. The van der Waals surface area contributed by atoms with Crippen molar-refractivity contribution in [2.24, 2.45) is 10.9 Å². The number of carboxylic acids is 1. The Bertz CT molecular complexity index is 1190. The van der Waals surface area contributed by atoms with Crippen molar-refractivity contribution < 1.29 is 19.5 Å². The second-order valence-electron chi connectivity index (χ2n) is 8.67. The summed E-state index contributed by atoms with van der Waals surface area (Å²) in [7, 11) is 0. The highest BCUT2D eigenvalue weighted by Crippen LogP contribution is 2.24. The minimum atomic E-state index is -0.969. The zero-order valence-electron chi connectivity index (χ0n) is 19.2. The summed E-state index contributed by atoms with van der Waals surface area (Å²) in [5.41, 5.74) is 9.44. The Labute approximate surface area is 198 Å². The number of carboxylic acid groups (broad SMARTS) is 1. The predicted octanol–water partition coefficient (Wildman–Crippen LogP) is 3.76. The third-order valence-electron chi connectivity index (χ3n) is 6.21. The summed E-state index contributed by atoms with van der Waals surface area (Å²) < 4.78 is 1.97.